The number of hydrogen-bond acceptors (Lipinski definition) is 7. The highest BCUT2D eigenvalue weighted by Crippen LogP contribution is 2.35. The van der Waals surface area contributed by atoms with Crippen LogP contribution in [0, 0.1) is 23.7 Å². The second-order valence-corrected chi connectivity index (χ2v) is 9.79. The summed E-state index contributed by atoms with van der Waals surface area (Å²) in [6.45, 7) is 3.33. The highest BCUT2D eigenvalue weighted by Gasteiger charge is 2.14. The first-order chi connectivity index (χ1) is 20.5. The molecule has 8 heteroatoms. The Labute approximate surface area is 246 Å². The van der Waals surface area contributed by atoms with E-state index in [1.54, 1.807) is 24.3 Å². The number of phenols is 1. The van der Waals surface area contributed by atoms with Crippen molar-refractivity contribution in [2.24, 2.45) is 0 Å². The number of rotatable bonds is 8. The number of nitrogens with one attached hydrogen (secondary N) is 2. The summed E-state index contributed by atoms with van der Waals surface area (Å²) in [5.41, 5.74) is 4.04. The van der Waals surface area contributed by atoms with Crippen molar-refractivity contribution in [2.45, 2.75) is 19.4 Å². The Bertz CT molecular complexity index is 1630. The monoisotopic (exact) mass is 559 g/mol. The molecular weight excluding hydrogens is 526 g/mol. The van der Waals surface area contributed by atoms with Crippen LogP contribution in [-0.4, -0.2) is 47.7 Å². The third-order valence-electron chi connectivity index (χ3n) is 6.47. The average molecular weight is 560 g/mol. The minimum Gasteiger partial charge on any atom is -0.506 e. The van der Waals surface area contributed by atoms with Crippen molar-refractivity contribution in [2.75, 3.05) is 37.4 Å². The Kier molecular flexibility index (Phi) is 10.7. The van der Waals surface area contributed by atoms with Crippen LogP contribution in [0.3, 0.4) is 0 Å². The van der Waals surface area contributed by atoms with Crippen LogP contribution in [0.1, 0.15) is 29.5 Å². The molecule has 42 heavy (non-hydrogen) atoms. The molecule has 3 N–H and O–H groups in total. The Morgan fingerprint density at radius 2 is 1.93 bits per heavy atom. The van der Waals surface area contributed by atoms with E-state index in [9.17, 15) is 15.2 Å². The molecule has 1 fully saturated rings. The molecule has 1 aliphatic rings. The molecule has 1 aromatic heterocycles. The number of ether oxygens (including phenoxy) is 1. The number of pyridine rings is 1. The summed E-state index contributed by atoms with van der Waals surface area (Å²) in [5.74, 6) is 2.07. The molecule has 2 heterocycles. The lowest BCUT2D eigenvalue weighted by molar-refractivity contribution is -0.111. The quantitative estimate of drug-likeness (QED) is 0.139. The third-order valence-corrected chi connectivity index (χ3v) is 6.47. The highest BCUT2D eigenvalue weighted by atomic mass is 16.5. The van der Waals surface area contributed by atoms with Crippen molar-refractivity contribution in [3.8, 4) is 24.2 Å². The van der Waals surface area contributed by atoms with Gasteiger partial charge in [-0.1, -0.05) is 48.4 Å². The number of terminal acetylenes is 1. The van der Waals surface area contributed by atoms with Gasteiger partial charge in [0.15, 0.2) is 0 Å². The van der Waals surface area contributed by atoms with Crippen LogP contribution in [0.5, 0.6) is 5.75 Å². The molecule has 3 aromatic carbocycles. The van der Waals surface area contributed by atoms with Gasteiger partial charge in [0.2, 0.25) is 5.91 Å². The number of nitrogens with zero attached hydrogens (tertiary/aromatic N) is 3. The van der Waals surface area contributed by atoms with E-state index >= 15 is 0 Å². The van der Waals surface area contributed by atoms with E-state index in [-0.39, 0.29) is 17.3 Å². The van der Waals surface area contributed by atoms with Crippen LogP contribution >= 0.6 is 0 Å². The van der Waals surface area contributed by atoms with Crippen molar-refractivity contribution in [3.63, 3.8) is 0 Å². The molecule has 1 amide bonds. The minimum atomic E-state index is -0.386. The van der Waals surface area contributed by atoms with Crippen molar-refractivity contribution < 1.29 is 14.6 Å². The van der Waals surface area contributed by atoms with Gasteiger partial charge < -0.3 is 20.5 Å². The zero-order valence-electron chi connectivity index (χ0n) is 23.5. The van der Waals surface area contributed by atoms with E-state index in [1.807, 2.05) is 37.4 Å². The van der Waals surface area contributed by atoms with Crippen LogP contribution < -0.4 is 10.6 Å². The van der Waals surface area contributed by atoms with Crippen molar-refractivity contribution in [1.29, 1.82) is 5.26 Å². The van der Waals surface area contributed by atoms with Gasteiger partial charge in [-0.25, -0.2) is 0 Å². The van der Waals surface area contributed by atoms with Crippen LogP contribution in [0.15, 0.2) is 85.1 Å². The fraction of sp³-hybridized carbons (Fsp3) is 0.206. The van der Waals surface area contributed by atoms with E-state index in [0.717, 1.165) is 19.8 Å². The van der Waals surface area contributed by atoms with Gasteiger partial charge >= 0.3 is 0 Å². The fourth-order valence-corrected chi connectivity index (χ4v) is 4.36. The Morgan fingerprint density at radius 1 is 1.14 bits per heavy atom. The molecule has 1 aliphatic heterocycles. The first-order valence-corrected chi connectivity index (χ1v) is 13.6. The lowest BCUT2D eigenvalue weighted by Crippen LogP contribution is -2.18. The molecule has 0 spiro atoms. The number of nitriles is 1. The maximum absolute atomic E-state index is 12.6. The molecule has 5 rings (SSSR count). The molecule has 212 valence electrons. The zero-order chi connectivity index (χ0) is 29.7. The van der Waals surface area contributed by atoms with Crippen LogP contribution in [0.4, 0.5) is 17.1 Å². The highest BCUT2D eigenvalue weighted by molar-refractivity contribution is 6.04. The first kappa shape index (κ1) is 29.8. The molecule has 4 aromatic rings. The zero-order valence-corrected chi connectivity index (χ0v) is 23.5. The maximum atomic E-state index is 12.6. The third kappa shape index (κ3) is 8.42. The van der Waals surface area contributed by atoms with Gasteiger partial charge in [-0.15, -0.1) is 6.42 Å². The smallest absolute Gasteiger partial charge is 0.248 e. The summed E-state index contributed by atoms with van der Waals surface area (Å²) >= 11 is 0. The van der Waals surface area contributed by atoms with E-state index in [2.05, 4.69) is 44.6 Å². The number of carbonyl (C=O) groups excluding carboxylic acids is 1. The van der Waals surface area contributed by atoms with Gasteiger partial charge in [0, 0.05) is 61.3 Å². The summed E-state index contributed by atoms with van der Waals surface area (Å²) < 4.78 is 4.94. The first-order valence-electron chi connectivity index (χ1n) is 13.6. The lowest BCUT2D eigenvalue weighted by Gasteiger charge is -2.14. The fourth-order valence-electron chi connectivity index (χ4n) is 4.36. The molecule has 0 atom stereocenters. The van der Waals surface area contributed by atoms with E-state index in [4.69, 9.17) is 11.2 Å². The second kappa shape index (κ2) is 15.0. The largest absolute Gasteiger partial charge is 0.506 e. The summed E-state index contributed by atoms with van der Waals surface area (Å²) in [6.07, 6.45) is 12.7. The Morgan fingerprint density at radius 3 is 2.62 bits per heavy atom. The van der Waals surface area contributed by atoms with Gasteiger partial charge in [0.25, 0.3) is 0 Å². The number of aromatic hydroxyl groups is 1. The lowest BCUT2D eigenvalue weighted by atomic mass is 10.1. The summed E-state index contributed by atoms with van der Waals surface area (Å²) in [5, 5.41) is 26.7. The van der Waals surface area contributed by atoms with Crippen molar-refractivity contribution in [1.82, 2.24) is 9.88 Å². The number of aromatic nitrogens is 1. The normalized spacial score (nSPS) is 12.4. The van der Waals surface area contributed by atoms with Gasteiger partial charge in [-0.3, -0.25) is 14.7 Å². The number of fused-ring (bicyclic) bond motifs is 1. The standard InChI is InChI=1S/C30H25N5O2.C4H8O/c1-3-21-11-7-12-24(15-21)33-30-23(18-31)19-32-26-17-28(36)27(16-25(26)30)34-29(37)13-8-14-35(2)20-22-9-5-4-6-10-22;1-2-4-5-3-1/h1,4-13,15-17,19,36H,14,20H2,2H3,(H,32,33)(H,34,37);1-4H2/b13-8+;. The minimum absolute atomic E-state index is 0.132. The summed E-state index contributed by atoms with van der Waals surface area (Å²) in [6, 6.07) is 22.5. The summed E-state index contributed by atoms with van der Waals surface area (Å²) in [4.78, 5) is 18.9. The number of phenolic OH excluding ortho intramolecular Hbond substituents is 1. The molecule has 0 unspecified atom stereocenters. The number of likely N-dealkylation sites (N-methyl/N-ethyl adjacent to an activating group) is 1. The number of hydrogen-bond donors (Lipinski definition) is 3. The Hall–Kier alpha value is -5.15. The van der Waals surface area contributed by atoms with Gasteiger partial charge in [0.05, 0.1) is 22.5 Å². The van der Waals surface area contributed by atoms with Crippen molar-refractivity contribution >= 4 is 33.9 Å². The second-order valence-electron chi connectivity index (χ2n) is 9.79. The number of amides is 1. The average Bonchev–Trinajstić information content (AvgIpc) is 3.59. The predicted octanol–water partition coefficient (Wildman–Crippen LogP) is 5.96. The van der Waals surface area contributed by atoms with Gasteiger partial charge in [-0.2, -0.15) is 5.26 Å². The van der Waals surface area contributed by atoms with Crippen LogP contribution in [0.25, 0.3) is 10.9 Å². The molecule has 8 nitrogen and oxygen atoms in total. The van der Waals surface area contributed by atoms with Crippen LogP contribution in [-0.2, 0) is 16.1 Å². The van der Waals surface area contributed by atoms with Crippen LogP contribution in [0.2, 0.25) is 0 Å². The Balaban J connectivity index is 0.000000732. The van der Waals surface area contributed by atoms with E-state index in [1.165, 1.54) is 36.7 Å². The molecular formula is C34H33N5O3. The molecule has 0 aliphatic carbocycles. The molecule has 1 saturated heterocycles. The topological polar surface area (TPSA) is 111 Å². The summed E-state index contributed by atoms with van der Waals surface area (Å²) in [7, 11) is 1.97. The predicted molar refractivity (Wildman–Crippen MR) is 166 cm³/mol. The van der Waals surface area contributed by atoms with E-state index < -0.39 is 0 Å². The SMILES string of the molecule is C#Cc1cccc(Nc2c(C#N)cnc3cc(O)c(NC(=O)/C=C/CN(C)Cc4ccccc4)cc23)c1.C1CCOC1. The number of anilines is 3. The molecule has 0 bridgehead atoms. The maximum Gasteiger partial charge on any atom is 0.248 e. The van der Waals surface area contributed by atoms with Gasteiger partial charge in [-0.05, 0) is 49.7 Å². The van der Waals surface area contributed by atoms with Gasteiger partial charge in [0.1, 0.15) is 11.8 Å². The molecule has 0 radical (unpaired) electrons. The number of benzene rings is 3. The van der Waals surface area contributed by atoms with Crippen molar-refractivity contribution in [3.05, 3.63) is 102 Å². The molecule has 0 saturated carbocycles. The van der Waals surface area contributed by atoms with E-state index in [0.29, 0.717) is 39.9 Å². The number of carbonyl (C=O) groups is 1.